The van der Waals surface area contributed by atoms with Crippen molar-refractivity contribution in [2.45, 2.75) is 20.8 Å². The first-order valence-corrected chi connectivity index (χ1v) is 11.9. The van der Waals surface area contributed by atoms with Gasteiger partial charge in [-0.1, -0.05) is 48.5 Å². The van der Waals surface area contributed by atoms with E-state index < -0.39 is 5.97 Å². The van der Waals surface area contributed by atoms with Crippen molar-refractivity contribution in [1.82, 2.24) is 5.43 Å². The molecule has 0 aliphatic carbocycles. The average Bonchev–Trinajstić information content (AvgIpc) is 2.90. The molecule has 188 valence electrons. The molecule has 4 rings (SSSR count). The highest BCUT2D eigenvalue weighted by molar-refractivity contribution is 6.05. The van der Waals surface area contributed by atoms with E-state index in [0.29, 0.717) is 35.0 Å². The first-order valence-electron chi connectivity index (χ1n) is 11.9. The Morgan fingerprint density at radius 1 is 0.865 bits per heavy atom. The van der Waals surface area contributed by atoms with Gasteiger partial charge in [0.05, 0.1) is 18.4 Å². The molecular weight excluding hydrogens is 468 g/mol. The van der Waals surface area contributed by atoms with Gasteiger partial charge >= 0.3 is 5.97 Å². The number of aryl methyl sites for hydroxylation is 1. The Labute approximate surface area is 215 Å². The fraction of sp³-hybridized carbons (Fsp3) is 0.167. The van der Waals surface area contributed by atoms with E-state index in [-0.39, 0.29) is 12.5 Å². The van der Waals surface area contributed by atoms with Crippen LogP contribution in [-0.2, 0) is 4.79 Å². The summed E-state index contributed by atoms with van der Waals surface area (Å²) in [4.78, 5) is 25.1. The van der Waals surface area contributed by atoms with Crippen LogP contribution in [0.5, 0.6) is 17.2 Å². The summed E-state index contributed by atoms with van der Waals surface area (Å²) in [6.45, 7) is 5.99. The van der Waals surface area contributed by atoms with Crippen LogP contribution in [0.2, 0.25) is 0 Å². The summed E-state index contributed by atoms with van der Waals surface area (Å²) >= 11 is 0. The van der Waals surface area contributed by atoms with Gasteiger partial charge in [0.25, 0.3) is 5.91 Å². The third kappa shape index (κ3) is 6.32. The zero-order chi connectivity index (χ0) is 26.2. The number of carbonyl (C=O) groups is 2. The molecule has 0 heterocycles. The summed E-state index contributed by atoms with van der Waals surface area (Å²) in [7, 11) is 0. The minimum Gasteiger partial charge on any atom is -0.490 e. The number of hydrogen-bond acceptors (Lipinski definition) is 6. The van der Waals surface area contributed by atoms with Gasteiger partial charge in [-0.25, -0.2) is 10.2 Å². The van der Waals surface area contributed by atoms with Gasteiger partial charge in [-0.05, 0) is 78.6 Å². The van der Waals surface area contributed by atoms with Gasteiger partial charge < -0.3 is 14.2 Å². The summed E-state index contributed by atoms with van der Waals surface area (Å²) in [6, 6.07) is 23.9. The van der Waals surface area contributed by atoms with Crippen LogP contribution in [0, 0.1) is 13.8 Å². The average molecular weight is 497 g/mol. The van der Waals surface area contributed by atoms with Crippen LogP contribution in [-0.4, -0.2) is 31.3 Å². The first kappa shape index (κ1) is 25.4. The summed E-state index contributed by atoms with van der Waals surface area (Å²) in [6.07, 6.45) is 1.48. The van der Waals surface area contributed by atoms with Crippen molar-refractivity contribution in [3.8, 4) is 17.2 Å². The van der Waals surface area contributed by atoms with E-state index >= 15 is 0 Å². The molecule has 0 spiro atoms. The van der Waals surface area contributed by atoms with Crippen LogP contribution in [0.3, 0.4) is 0 Å². The lowest BCUT2D eigenvalue weighted by atomic mass is 10.0. The van der Waals surface area contributed by atoms with E-state index in [1.165, 1.54) is 6.21 Å². The van der Waals surface area contributed by atoms with Crippen molar-refractivity contribution in [2.24, 2.45) is 5.10 Å². The number of ether oxygens (including phenoxy) is 3. The normalized spacial score (nSPS) is 10.9. The molecule has 7 heteroatoms. The number of carbonyl (C=O) groups excluding carboxylic acids is 2. The van der Waals surface area contributed by atoms with Gasteiger partial charge in [0.1, 0.15) is 5.75 Å². The molecule has 0 radical (unpaired) electrons. The molecule has 0 atom stereocenters. The Morgan fingerprint density at radius 3 is 2.49 bits per heavy atom. The molecule has 4 aromatic rings. The number of nitrogens with one attached hydrogen (secondary N) is 1. The van der Waals surface area contributed by atoms with Gasteiger partial charge in [-0.2, -0.15) is 5.10 Å². The fourth-order valence-electron chi connectivity index (χ4n) is 3.75. The highest BCUT2D eigenvalue weighted by Crippen LogP contribution is 2.30. The number of esters is 1. The second kappa shape index (κ2) is 11.9. The van der Waals surface area contributed by atoms with Crippen molar-refractivity contribution in [2.75, 3.05) is 13.2 Å². The lowest BCUT2D eigenvalue weighted by Crippen LogP contribution is -2.24. The van der Waals surface area contributed by atoms with Crippen LogP contribution in [0.4, 0.5) is 0 Å². The Hall–Kier alpha value is -4.65. The maximum Gasteiger partial charge on any atom is 0.344 e. The largest absolute Gasteiger partial charge is 0.490 e. The molecule has 0 fully saturated rings. The number of benzene rings is 4. The van der Waals surface area contributed by atoms with Gasteiger partial charge in [0.2, 0.25) is 0 Å². The van der Waals surface area contributed by atoms with E-state index in [4.69, 9.17) is 14.2 Å². The van der Waals surface area contributed by atoms with E-state index in [1.807, 2.05) is 75.4 Å². The molecule has 1 amide bonds. The molecule has 4 aromatic carbocycles. The maximum absolute atomic E-state index is 13.0. The van der Waals surface area contributed by atoms with Crippen LogP contribution >= 0.6 is 0 Å². The highest BCUT2D eigenvalue weighted by atomic mass is 16.6. The Balaban J connectivity index is 1.41. The molecule has 7 nitrogen and oxygen atoms in total. The van der Waals surface area contributed by atoms with Crippen molar-refractivity contribution in [3.63, 3.8) is 0 Å². The van der Waals surface area contributed by atoms with E-state index in [1.54, 1.807) is 24.3 Å². The smallest absolute Gasteiger partial charge is 0.344 e. The standard InChI is InChI=1S/C30H28N2O5/c1-4-35-28-17-22(18-31-32-29(33)19-36-26-14-7-9-20(2)21(26)3)15-16-27(28)37-30(34)25-13-8-11-23-10-5-6-12-24(23)25/h5-18H,4,19H2,1-3H3,(H,32,33). The monoisotopic (exact) mass is 496 g/mol. The Kier molecular flexibility index (Phi) is 8.15. The summed E-state index contributed by atoms with van der Waals surface area (Å²) < 4.78 is 17.0. The zero-order valence-electron chi connectivity index (χ0n) is 21.0. The van der Waals surface area contributed by atoms with Crippen LogP contribution < -0.4 is 19.6 Å². The van der Waals surface area contributed by atoms with Gasteiger partial charge in [-0.15, -0.1) is 0 Å². The van der Waals surface area contributed by atoms with Crippen LogP contribution in [0.25, 0.3) is 10.8 Å². The minimum absolute atomic E-state index is 0.158. The third-order valence-electron chi connectivity index (χ3n) is 5.80. The molecule has 0 saturated heterocycles. The van der Waals surface area contributed by atoms with E-state index in [9.17, 15) is 9.59 Å². The molecule has 0 unspecified atom stereocenters. The summed E-state index contributed by atoms with van der Waals surface area (Å²) in [5.74, 6) is 0.486. The van der Waals surface area contributed by atoms with Crippen molar-refractivity contribution < 1.29 is 23.8 Å². The van der Waals surface area contributed by atoms with Crippen LogP contribution in [0.1, 0.15) is 34.0 Å². The maximum atomic E-state index is 13.0. The minimum atomic E-state index is -0.477. The van der Waals surface area contributed by atoms with E-state index in [0.717, 1.165) is 21.9 Å². The van der Waals surface area contributed by atoms with Crippen molar-refractivity contribution in [1.29, 1.82) is 0 Å². The first-order chi connectivity index (χ1) is 18.0. The van der Waals surface area contributed by atoms with Gasteiger partial charge in [0.15, 0.2) is 18.1 Å². The second-order valence-corrected chi connectivity index (χ2v) is 8.34. The quantitative estimate of drug-likeness (QED) is 0.141. The lowest BCUT2D eigenvalue weighted by Gasteiger charge is -2.12. The topological polar surface area (TPSA) is 86.2 Å². The molecule has 1 N–H and O–H groups in total. The lowest BCUT2D eigenvalue weighted by molar-refractivity contribution is -0.123. The number of hydrazone groups is 1. The fourth-order valence-corrected chi connectivity index (χ4v) is 3.75. The highest BCUT2D eigenvalue weighted by Gasteiger charge is 2.15. The van der Waals surface area contributed by atoms with Crippen LogP contribution in [0.15, 0.2) is 84.0 Å². The number of rotatable bonds is 9. The number of hydrogen-bond donors (Lipinski definition) is 1. The zero-order valence-corrected chi connectivity index (χ0v) is 21.0. The number of nitrogens with zero attached hydrogens (tertiary/aromatic N) is 1. The Morgan fingerprint density at radius 2 is 1.65 bits per heavy atom. The second-order valence-electron chi connectivity index (χ2n) is 8.34. The predicted octanol–water partition coefficient (Wildman–Crippen LogP) is 5.60. The number of amides is 1. The molecule has 0 saturated carbocycles. The molecular formula is C30H28N2O5. The number of fused-ring (bicyclic) bond motifs is 1. The molecule has 0 aliphatic rings. The van der Waals surface area contributed by atoms with Gasteiger partial charge in [0, 0.05) is 0 Å². The summed E-state index contributed by atoms with van der Waals surface area (Å²) in [5, 5.41) is 5.77. The van der Waals surface area contributed by atoms with E-state index in [2.05, 4.69) is 10.5 Å². The molecule has 0 aromatic heterocycles. The molecule has 0 aliphatic heterocycles. The summed E-state index contributed by atoms with van der Waals surface area (Å²) in [5.41, 5.74) is 5.66. The van der Waals surface area contributed by atoms with Crippen molar-refractivity contribution >= 4 is 28.9 Å². The van der Waals surface area contributed by atoms with Gasteiger partial charge in [-0.3, -0.25) is 4.79 Å². The third-order valence-corrected chi connectivity index (χ3v) is 5.80. The molecule has 0 bridgehead atoms. The predicted molar refractivity (Wildman–Crippen MR) is 144 cm³/mol. The Bertz CT molecular complexity index is 1460. The van der Waals surface area contributed by atoms with Crippen molar-refractivity contribution in [3.05, 3.63) is 101 Å². The SMILES string of the molecule is CCOc1cc(C=NNC(=O)COc2cccc(C)c2C)ccc1OC(=O)c1cccc2ccccc12. The molecule has 37 heavy (non-hydrogen) atoms.